The Morgan fingerprint density at radius 3 is 2.19 bits per heavy atom. The standard InChI is InChI=1S/C21H14N4O/c1-2-4-15(5-3-1)17-8-11-20-19(12-17)24-21(26-20)16-6-9-18(10-7-16)25-13-22-23-14-25/h1-14H. The van der Waals surface area contributed by atoms with Gasteiger partial charge in [-0.25, -0.2) is 4.98 Å². The van der Waals surface area contributed by atoms with Gasteiger partial charge in [0.05, 0.1) is 0 Å². The molecule has 5 rings (SSSR count). The van der Waals surface area contributed by atoms with Crippen LogP contribution in [0.2, 0.25) is 0 Å². The Labute approximate surface area is 149 Å². The third-order valence-electron chi connectivity index (χ3n) is 4.33. The molecule has 0 saturated carbocycles. The lowest BCUT2D eigenvalue weighted by Gasteiger charge is -2.01. The van der Waals surface area contributed by atoms with Gasteiger partial charge in [-0.3, -0.25) is 4.57 Å². The zero-order valence-electron chi connectivity index (χ0n) is 13.8. The average Bonchev–Trinajstić information content (AvgIpc) is 3.38. The molecule has 0 N–H and O–H groups in total. The Morgan fingerprint density at radius 2 is 1.42 bits per heavy atom. The Kier molecular flexibility index (Phi) is 3.35. The van der Waals surface area contributed by atoms with Crippen molar-refractivity contribution in [3.8, 4) is 28.3 Å². The Bertz CT molecular complexity index is 1160. The van der Waals surface area contributed by atoms with Crippen LogP contribution in [-0.2, 0) is 0 Å². The molecule has 0 saturated heterocycles. The Morgan fingerprint density at radius 1 is 0.692 bits per heavy atom. The van der Waals surface area contributed by atoms with E-state index in [1.54, 1.807) is 12.7 Å². The molecular weight excluding hydrogens is 324 g/mol. The van der Waals surface area contributed by atoms with E-state index in [1.165, 1.54) is 0 Å². The molecule has 0 atom stereocenters. The minimum absolute atomic E-state index is 0.612. The lowest BCUT2D eigenvalue weighted by Crippen LogP contribution is -1.89. The summed E-state index contributed by atoms with van der Waals surface area (Å²) in [5.41, 5.74) is 5.84. The SMILES string of the molecule is c1ccc(-c2ccc3oc(-c4ccc(-n5cnnc5)cc4)nc3c2)cc1. The number of aromatic nitrogens is 4. The molecule has 3 aromatic carbocycles. The van der Waals surface area contributed by atoms with Crippen LogP contribution < -0.4 is 0 Å². The second kappa shape index (κ2) is 5.97. The molecule has 5 heteroatoms. The largest absolute Gasteiger partial charge is 0.436 e. The van der Waals surface area contributed by atoms with Gasteiger partial charge >= 0.3 is 0 Å². The van der Waals surface area contributed by atoms with Crippen molar-refractivity contribution in [2.45, 2.75) is 0 Å². The highest BCUT2D eigenvalue weighted by Gasteiger charge is 2.10. The molecule has 0 spiro atoms. The normalized spacial score (nSPS) is 11.1. The molecule has 0 bridgehead atoms. The Balaban J connectivity index is 1.51. The summed E-state index contributed by atoms with van der Waals surface area (Å²) in [6, 6.07) is 24.3. The molecule has 5 aromatic rings. The molecule has 0 fully saturated rings. The van der Waals surface area contributed by atoms with Gasteiger partial charge in [-0.05, 0) is 47.5 Å². The molecule has 0 aliphatic rings. The van der Waals surface area contributed by atoms with Crippen LogP contribution in [-0.4, -0.2) is 19.7 Å². The van der Waals surface area contributed by atoms with Crippen LogP contribution in [0.25, 0.3) is 39.4 Å². The molecule has 0 aliphatic heterocycles. The highest BCUT2D eigenvalue weighted by molar-refractivity contribution is 5.82. The summed E-state index contributed by atoms with van der Waals surface area (Å²) in [6.07, 6.45) is 3.33. The first-order valence-corrected chi connectivity index (χ1v) is 8.28. The first-order valence-electron chi connectivity index (χ1n) is 8.28. The van der Waals surface area contributed by atoms with Crippen LogP contribution in [0.1, 0.15) is 0 Å². The van der Waals surface area contributed by atoms with E-state index in [4.69, 9.17) is 4.42 Å². The fourth-order valence-corrected chi connectivity index (χ4v) is 2.97. The number of rotatable bonds is 3. The van der Waals surface area contributed by atoms with Crippen LogP contribution in [0.4, 0.5) is 0 Å². The number of benzene rings is 3. The van der Waals surface area contributed by atoms with E-state index in [2.05, 4.69) is 39.4 Å². The van der Waals surface area contributed by atoms with Gasteiger partial charge in [0, 0.05) is 11.3 Å². The van der Waals surface area contributed by atoms with E-state index in [0.29, 0.717) is 5.89 Å². The quantitative estimate of drug-likeness (QED) is 0.477. The Hall–Kier alpha value is -3.73. The molecule has 2 heterocycles. The van der Waals surface area contributed by atoms with Gasteiger partial charge in [0.1, 0.15) is 18.2 Å². The fraction of sp³-hybridized carbons (Fsp3) is 0. The number of fused-ring (bicyclic) bond motifs is 1. The maximum atomic E-state index is 5.93. The zero-order valence-corrected chi connectivity index (χ0v) is 13.8. The molecule has 0 radical (unpaired) electrons. The number of nitrogens with zero attached hydrogens (tertiary/aromatic N) is 4. The molecule has 0 unspecified atom stereocenters. The minimum Gasteiger partial charge on any atom is -0.436 e. The van der Waals surface area contributed by atoms with Crippen molar-refractivity contribution in [1.29, 1.82) is 0 Å². The second-order valence-electron chi connectivity index (χ2n) is 5.98. The fourth-order valence-electron chi connectivity index (χ4n) is 2.97. The highest BCUT2D eigenvalue weighted by atomic mass is 16.3. The van der Waals surface area contributed by atoms with E-state index in [0.717, 1.165) is 33.5 Å². The third-order valence-corrected chi connectivity index (χ3v) is 4.33. The number of hydrogen-bond acceptors (Lipinski definition) is 4. The lowest BCUT2D eigenvalue weighted by atomic mass is 10.1. The third kappa shape index (κ3) is 2.56. The van der Waals surface area contributed by atoms with Crippen molar-refractivity contribution in [3.63, 3.8) is 0 Å². The molecule has 26 heavy (non-hydrogen) atoms. The number of oxazole rings is 1. The van der Waals surface area contributed by atoms with Crippen molar-refractivity contribution in [2.24, 2.45) is 0 Å². The van der Waals surface area contributed by atoms with Gasteiger partial charge < -0.3 is 4.42 Å². The van der Waals surface area contributed by atoms with Crippen LogP contribution >= 0.6 is 0 Å². The van der Waals surface area contributed by atoms with Crippen molar-refractivity contribution in [3.05, 3.63) is 85.5 Å². The van der Waals surface area contributed by atoms with Crippen molar-refractivity contribution in [2.75, 3.05) is 0 Å². The van der Waals surface area contributed by atoms with E-state index in [9.17, 15) is 0 Å². The predicted octanol–water partition coefficient (Wildman–Crippen LogP) is 4.74. The maximum absolute atomic E-state index is 5.93. The molecule has 0 amide bonds. The van der Waals surface area contributed by atoms with Crippen LogP contribution in [0.3, 0.4) is 0 Å². The van der Waals surface area contributed by atoms with Gasteiger partial charge in [0.2, 0.25) is 5.89 Å². The molecule has 0 aliphatic carbocycles. The van der Waals surface area contributed by atoms with E-state index >= 15 is 0 Å². The lowest BCUT2D eigenvalue weighted by molar-refractivity contribution is 0.620. The van der Waals surface area contributed by atoms with Crippen molar-refractivity contribution < 1.29 is 4.42 Å². The smallest absolute Gasteiger partial charge is 0.227 e. The van der Waals surface area contributed by atoms with Gasteiger partial charge in [0.15, 0.2) is 5.58 Å². The second-order valence-corrected chi connectivity index (χ2v) is 5.98. The summed E-state index contributed by atoms with van der Waals surface area (Å²) >= 11 is 0. The highest BCUT2D eigenvalue weighted by Crippen LogP contribution is 2.28. The summed E-state index contributed by atoms with van der Waals surface area (Å²) in [4.78, 5) is 4.66. The van der Waals surface area contributed by atoms with Gasteiger partial charge in [-0.1, -0.05) is 36.4 Å². The van der Waals surface area contributed by atoms with Crippen LogP contribution in [0, 0.1) is 0 Å². The van der Waals surface area contributed by atoms with Gasteiger partial charge in [-0.2, -0.15) is 0 Å². The first-order chi connectivity index (χ1) is 12.9. The van der Waals surface area contributed by atoms with E-state index in [-0.39, 0.29) is 0 Å². The minimum atomic E-state index is 0.612. The van der Waals surface area contributed by atoms with Crippen LogP contribution in [0.15, 0.2) is 89.9 Å². The molecule has 124 valence electrons. The maximum Gasteiger partial charge on any atom is 0.227 e. The summed E-state index contributed by atoms with van der Waals surface area (Å²) in [6.45, 7) is 0. The molecule has 2 aromatic heterocycles. The van der Waals surface area contributed by atoms with Crippen molar-refractivity contribution in [1.82, 2.24) is 19.7 Å². The topological polar surface area (TPSA) is 56.7 Å². The zero-order chi connectivity index (χ0) is 17.3. The van der Waals surface area contributed by atoms with E-state index < -0.39 is 0 Å². The summed E-state index contributed by atoms with van der Waals surface area (Å²) in [5, 5.41) is 7.65. The molecule has 5 nitrogen and oxygen atoms in total. The molecular formula is C21H14N4O. The number of hydrogen-bond donors (Lipinski definition) is 0. The van der Waals surface area contributed by atoms with Gasteiger partial charge in [-0.15, -0.1) is 10.2 Å². The van der Waals surface area contributed by atoms with Crippen LogP contribution in [0.5, 0.6) is 0 Å². The summed E-state index contributed by atoms with van der Waals surface area (Å²) in [7, 11) is 0. The summed E-state index contributed by atoms with van der Waals surface area (Å²) in [5.74, 6) is 0.612. The summed E-state index contributed by atoms with van der Waals surface area (Å²) < 4.78 is 7.78. The first kappa shape index (κ1) is 14.6. The monoisotopic (exact) mass is 338 g/mol. The average molecular weight is 338 g/mol. The van der Waals surface area contributed by atoms with E-state index in [1.807, 2.05) is 53.1 Å². The predicted molar refractivity (Wildman–Crippen MR) is 99.8 cm³/mol. The van der Waals surface area contributed by atoms with Crippen molar-refractivity contribution >= 4 is 11.1 Å². The van der Waals surface area contributed by atoms with Gasteiger partial charge in [0.25, 0.3) is 0 Å².